The Morgan fingerprint density at radius 1 is 0.938 bits per heavy atom. The Balaban J connectivity index is 1.46. The Bertz CT molecular complexity index is 1390. The largest absolute Gasteiger partial charge is 0.495 e. The van der Waals surface area contributed by atoms with E-state index in [0.717, 1.165) is 22.0 Å². The van der Waals surface area contributed by atoms with Gasteiger partial charge in [0.2, 0.25) is 17.7 Å². The van der Waals surface area contributed by atoms with Crippen LogP contribution in [0, 0.1) is 0 Å². The van der Waals surface area contributed by atoms with Crippen LogP contribution in [0.3, 0.4) is 0 Å². The van der Waals surface area contributed by atoms with Gasteiger partial charge in [0.1, 0.15) is 12.3 Å². The molecule has 0 saturated carbocycles. The third kappa shape index (κ3) is 3.72. The van der Waals surface area contributed by atoms with Crippen molar-refractivity contribution in [2.45, 2.75) is 6.54 Å². The van der Waals surface area contributed by atoms with Crippen LogP contribution in [0.5, 0.6) is 5.75 Å². The minimum Gasteiger partial charge on any atom is -0.495 e. The van der Waals surface area contributed by atoms with Gasteiger partial charge in [0.25, 0.3) is 0 Å². The lowest BCUT2D eigenvalue weighted by Crippen LogP contribution is -2.18. The van der Waals surface area contributed by atoms with E-state index in [1.807, 2.05) is 77.5 Å². The van der Waals surface area contributed by atoms with E-state index < -0.39 is 0 Å². The maximum Gasteiger partial charge on any atom is 0.250 e. The van der Waals surface area contributed by atoms with Crippen molar-refractivity contribution in [3.63, 3.8) is 0 Å². The molecule has 5 rings (SSSR count). The van der Waals surface area contributed by atoms with Gasteiger partial charge in [0.05, 0.1) is 18.4 Å². The number of methoxy groups -OCH3 is 1. The molecule has 32 heavy (non-hydrogen) atoms. The summed E-state index contributed by atoms with van der Waals surface area (Å²) >= 11 is 0. The van der Waals surface area contributed by atoms with Crippen molar-refractivity contribution in [1.82, 2.24) is 14.8 Å². The molecule has 0 spiro atoms. The van der Waals surface area contributed by atoms with Crippen molar-refractivity contribution in [2.24, 2.45) is 0 Å². The van der Waals surface area contributed by atoms with E-state index in [-0.39, 0.29) is 12.5 Å². The second-order valence-corrected chi connectivity index (χ2v) is 7.21. The fraction of sp³-hybridized carbons (Fsp3) is 0.0800. The Kier molecular flexibility index (Phi) is 5.13. The molecule has 0 radical (unpaired) electrons. The molecule has 1 N–H and O–H groups in total. The average Bonchev–Trinajstić information content (AvgIpc) is 3.46. The molecule has 7 nitrogen and oxygen atoms in total. The standard InChI is InChI=1S/C25H20N4O3/c1-31-22-14-8-6-12-20(22)26-23(30)16-29-15-19(18-11-5-7-13-21(18)29)25-28-27-24(32-25)17-9-3-2-4-10-17/h2-15H,16H2,1H3,(H,26,30). The van der Waals surface area contributed by atoms with E-state index in [4.69, 9.17) is 9.15 Å². The number of hydrogen-bond acceptors (Lipinski definition) is 5. The van der Waals surface area contributed by atoms with Crippen LogP contribution in [0.4, 0.5) is 5.69 Å². The number of nitrogens with one attached hydrogen (secondary N) is 1. The monoisotopic (exact) mass is 424 g/mol. The van der Waals surface area contributed by atoms with Crippen LogP contribution in [-0.2, 0) is 11.3 Å². The van der Waals surface area contributed by atoms with Crippen LogP contribution >= 0.6 is 0 Å². The molecule has 1 amide bonds. The number of para-hydroxylation sites is 3. The Labute approximate surface area is 184 Å². The number of ether oxygens (including phenoxy) is 1. The van der Waals surface area contributed by atoms with E-state index in [2.05, 4.69) is 15.5 Å². The molecular weight excluding hydrogens is 404 g/mol. The first-order valence-corrected chi connectivity index (χ1v) is 10.1. The molecule has 5 aromatic rings. The van der Waals surface area contributed by atoms with Crippen molar-refractivity contribution in [3.05, 3.63) is 85.1 Å². The van der Waals surface area contributed by atoms with Gasteiger partial charge in [-0.15, -0.1) is 10.2 Å². The van der Waals surface area contributed by atoms with Crippen LogP contribution in [0.2, 0.25) is 0 Å². The van der Waals surface area contributed by atoms with Gasteiger partial charge < -0.3 is 19.0 Å². The highest BCUT2D eigenvalue weighted by atomic mass is 16.5. The number of benzene rings is 3. The number of anilines is 1. The number of carbonyl (C=O) groups is 1. The van der Waals surface area contributed by atoms with Gasteiger partial charge in [0, 0.05) is 22.7 Å². The third-order valence-corrected chi connectivity index (χ3v) is 5.16. The van der Waals surface area contributed by atoms with Crippen molar-refractivity contribution in [1.29, 1.82) is 0 Å². The zero-order chi connectivity index (χ0) is 21.9. The smallest absolute Gasteiger partial charge is 0.250 e. The minimum atomic E-state index is -0.169. The van der Waals surface area contributed by atoms with Gasteiger partial charge in [-0.1, -0.05) is 48.5 Å². The van der Waals surface area contributed by atoms with Gasteiger partial charge in [-0.05, 0) is 30.3 Å². The fourth-order valence-electron chi connectivity index (χ4n) is 3.67. The molecule has 0 bridgehead atoms. The molecule has 0 unspecified atom stereocenters. The van der Waals surface area contributed by atoms with Gasteiger partial charge in [0.15, 0.2) is 0 Å². The quantitative estimate of drug-likeness (QED) is 0.415. The Hall–Kier alpha value is -4.39. The van der Waals surface area contributed by atoms with E-state index in [0.29, 0.717) is 23.2 Å². The van der Waals surface area contributed by atoms with Crippen LogP contribution in [0.1, 0.15) is 0 Å². The first-order valence-electron chi connectivity index (χ1n) is 10.1. The summed E-state index contributed by atoms with van der Waals surface area (Å²) in [6.07, 6.45) is 1.87. The number of nitrogens with zero attached hydrogens (tertiary/aromatic N) is 3. The predicted molar refractivity (Wildman–Crippen MR) is 122 cm³/mol. The van der Waals surface area contributed by atoms with Crippen LogP contribution < -0.4 is 10.1 Å². The summed E-state index contributed by atoms with van der Waals surface area (Å²) < 4.78 is 13.2. The molecule has 2 aromatic heterocycles. The highest BCUT2D eigenvalue weighted by Gasteiger charge is 2.18. The second kappa shape index (κ2) is 8.39. The SMILES string of the molecule is COc1ccccc1NC(=O)Cn1cc(-c2nnc(-c3ccccc3)o2)c2ccccc21. The van der Waals surface area contributed by atoms with Gasteiger partial charge in [-0.25, -0.2) is 0 Å². The molecule has 0 aliphatic rings. The lowest BCUT2D eigenvalue weighted by molar-refractivity contribution is -0.116. The summed E-state index contributed by atoms with van der Waals surface area (Å²) in [5.74, 6) is 1.30. The number of hydrogen-bond donors (Lipinski definition) is 1. The summed E-state index contributed by atoms with van der Waals surface area (Å²) in [6.45, 7) is 0.123. The minimum absolute atomic E-state index is 0.123. The van der Waals surface area contributed by atoms with Crippen LogP contribution in [-0.4, -0.2) is 27.8 Å². The predicted octanol–water partition coefficient (Wildman–Crippen LogP) is 5.01. The van der Waals surface area contributed by atoms with Crippen LogP contribution in [0.25, 0.3) is 33.8 Å². The summed E-state index contributed by atoms with van der Waals surface area (Å²) in [5, 5.41) is 12.3. The van der Waals surface area contributed by atoms with Crippen molar-refractivity contribution < 1.29 is 13.9 Å². The molecule has 0 saturated heterocycles. The molecule has 7 heteroatoms. The normalized spacial score (nSPS) is 10.9. The highest BCUT2D eigenvalue weighted by Crippen LogP contribution is 2.32. The van der Waals surface area contributed by atoms with Crippen LogP contribution in [0.15, 0.2) is 89.5 Å². The maximum atomic E-state index is 12.8. The topological polar surface area (TPSA) is 82.2 Å². The summed E-state index contributed by atoms with van der Waals surface area (Å²) in [4.78, 5) is 12.8. The summed E-state index contributed by atoms with van der Waals surface area (Å²) in [7, 11) is 1.57. The fourth-order valence-corrected chi connectivity index (χ4v) is 3.67. The molecule has 0 aliphatic carbocycles. The first kappa shape index (κ1) is 19.6. The second-order valence-electron chi connectivity index (χ2n) is 7.21. The van der Waals surface area contributed by atoms with Gasteiger partial charge in [-0.3, -0.25) is 4.79 Å². The highest BCUT2D eigenvalue weighted by molar-refractivity contribution is 5.97. The number of aromatic nitrogens is 3. The average molecular weight is 424 g/mol. The number of carbonyl (C=O) groups excluding carboxylic acids is 1. The number of amides is 1. The molecular formula is C25H20N4O3. The molecule has 3 aromatic carbocycles. The Morgan fingerprint density at radius 3 is 2.50 bits per heavy atom. The molecule has 2 heterocycles. The van der Waals surface area contributed by atoms with Crippen molar-refractivity contribution >= 4 is 22.5 Å². The van der Waals surface area contributed by atoms with E-state index in [1.54, 1.807) is 19.2 Å². The Morgan fingerprint density at radius 2 is 1.66 bits per heavy atom. The van der Waals surface area contributed by atoms with Gasteiger partial charge >= 0.3 is 0 Å². The number of fused-ring (bicyclic) bond motifs is 1. The van der Waals surface area contributed by atoms with E-state index in [9.17, 15) is 4.79 Å². The van der Waals surface area contributed by atoms with Crippen molar-refractivity contribution in [2.75, 3.05) is 12.4 Å². The summed E-state index contributed by atoms with van der Waals surface area (Å²) in [6, 6.07) is 24.7. The molecule has 158 valence electrons. The summed E-state index contributed by atoms with van der Waals surface area (Å²) in [5.41, 5.74) is 3.16. The zero-order valence-corrected chi connectivity index (χ0v) is 17.4. The lowest BCUT2D eigenvalue weighted by atomic mass is 10.2. The van der Waals surface area contributed by atoms with E-state index in [1.165, 1.54) is 0 Å². The maximum absolute atomic E-state index is 12.8. The lowest BCUT2D eigenvalue weighted by Gasteiger charge is -2.10. The van der Waals surface area contributed by atoms with E-state index >= 15 is 0 Å². The molecule has 0 aliphatic heterocycles. The van der Waals surface area contributed by atoms with Crippen molar-refractivity contribution in [3.8, 4) is 28.7 Å². The molecule has 0 fully saturated rings. The first-order chi connectivity index (χ1) is 15.7. The molecule has 0 atom stereocenters. The zero-order valence-electron chi connectivity index (χ0n) is 17.4. The number of rotatable bonds is 6. The van der Waals surface area contributed by atoms with Gasteiger partial charge in [-0.2, -0.15) is 0 Å². The third-order valence-electron chi connectivity index (χ3n) is 5.16.